The number of hydrogen-bond acceptors (Lipinski definition) is 6. The summed E-state index contributed by atoms with van der Waals surface area (Å²) in [6, 6.07) is 13.6. The van der Waals surface area contributed by atoms with Gasteiger partial charge in [0.2, 0.25) is 5.82 Å². The Hall–Kier alpha value is -2.60. The number of rotatable bonds is 8. The second-order valence-electron chi connectivity index (χ2n) is 7.24. The Balaban J connectivity index is 0.00000289. The van der Waals surface area contributed by atoms with E-state index in [-0.39, 0.29) is 24.0 Å². The van der Waals surface area contributed by atoms with Crippen LogP contribution < -0.4 is 10.1 Å². The van der Waals surface area contributed by atoms with Gasteiger partial charge in [0.25, 0.3) is 0 Å². The van der Waals surface area contributed by atoms with Crippen molar-refractivity contribution in [2.24, 2.45) is 4.99 Å². The number of para-hydroxylation sites is 1. The van der Waals surface area contributed by atoms with Crippen molar-refractivity contribution in [1.29, 1.82) is 0 Å². The van der Waals surface area contributed by atoms with Crippen LogP contribution in [-0.2, 0) is 6.54 Å². The topological polar surface area (TPSA) is 94.8 Å². The van der Waals surface area contributed by atoms with Crippen LogP contribution in [0.5, 0.6) is 5.75 Å². The predicted molar refractivity (Wildman–Crippen MR) is 134 cm³/mol. The number of nitrogens with zero attached hydrogens (tertiary/aromatic N) is 5. The summed E-state index contributed by atoms with van der Waals surface area (Å²) in [5.74, 6) is 3.72. The molecule has 0 atom stereocenters. The van der Waals surface area contributed by atoms with Crippen LogP contribution in [0.3, 0.4) is 0 Å². The highest BCUT2D eigenvalue weighted by Crippen LogP contribution is 2.14. The minimum Gasteiger partial charge on any atom is -0.492 e. The lowest BCUT2D eigenvalue weighted by Crippen LogP contribution is -2.53. The minimum atomic E-state index is 0. The smallest absolute Gasteiger partial charge is 0.216 e. The minimum absolute atomic E-state index is 0. The summed E-state index contributed by atoms with van der Waals surface area (Å²) in [5, 5.41) is 10.5. The molecule has 9 nitrogen and oxygen atoms in total. The highest BCUT2D eigenvalue weighted by atomic mass is 127. The van der Waals surface area contributed by atoms with E-state index in [9.17, 15) is 0 Å². The Morgan fingerprint density at radius 3 is 2.69 bits per heavy atom. The van der Waals surface area contributed by atoms with Gasteiger partial charge in [-0.3, -0.25) is 10.00 Å². The maximum absolute atomic E-state index is 5.82. The summed E-state index contributed by atoms with van der Waals surface area (Å²) >= 11 is 0. The fraction of sp³-hybridized carbons (Fsp3) is 0.409. The van der Waals surface area contributed by atoms with Gasteiger partial charge in [-0.1, -0.05) is 18.2 Å². The molecule has 1 saturated heterocycles. The molecule has 0 aliphatic carbocycles. The number of halogens is 1. The van der Waals surface area contributed by atoms with Crippen molar-refractivity contribution in [3.8, 4) is 17.3 Å². The maximum Gasteiger partial charge on any atom is 0.216 e. The third-order valence-corrected chi connectivity index (χ3v) is 5.08. The Kier molecular flexibility index (Phi) is 9.35. The Morgan fingerprint density at radius 2 is 1.97 bits per heavy atom. The van der Waals surface area contributed by atoms with E-state index in [4.69, 9.17) is 14.1 Å². The van der Waals surface area contributed by atoms with Crippen LogP contribution in [0.4, 0.5) is 0 Å². The first kappa shape index (κ1) is 24.1. The Bertz CT molecular complexity index is 938. The number of piperazine rings is 1. The average Bonchev–Trinajstić information content (AvgIpc) is 3.50. The number of ether oxygens (including phenoxy) is 1. The van der Waals surface area contributed by atoms with E-state index < -0.39 is 0 Å². The third-order valence-electron chi connectivity index (χ3n) is 5.08. The van der Waals surface area contributed by atoms with Gasteiger partial charge in [-0.25, -0.2) is 9.98 Å². The van der Waals surface area contributed by atoms with Gasteiger partial charge in [0.1, 0.15) is 24.7 Å². The highest BCUT2D eigenvalue weighted by Gasteiger charge is 2.19. The van der Waals surface area contributed by atoms with E-state index in [0.717, 1.165) is 51.0 Å². The van der Waals surface area contributed by atoms with Crippen LogP contribution in [0.1, 0.15) is 12.7 Å². The molecule has 1 aromatic carbocycles. The zero-order valence-corrected chi connectivity index (χ0v) is 20.6. The lowest BCUT2D eigenvalue weighted by molar-refractivity contribution is 0.152. The van der Waals surface area contributed by atoms with Gasteiger partial charge in [0.05, 0.1) is 6.26 Å². The number of guanidine groups is 1. The van der Waals surface area contributed by atoms with Crippen LogP contribution in [0.25, 0.3) is 11.6 Å². The number of aromatic amines is 1. The number of nitrogens with one attached hydrogen (secondary N) is 2. The zero-order chi connectivity index (χ0) is 21.3. The van der Waals surface area contributed by atoms with Crippen molar-refractivity contribution in [3.63, 3.8) is 0 Å². The lowest BCUT2D eigenvalue weighted by Gasteiger charge is -2.36. The molecule has 4 rings (SSSR count). The van der Waals surface area contributed by atoms with Gasteiger partial charge in [0, 0.05) is 39.3 Å². The van der Waals surface area contributed by atoms with Crippen molar-refractivity contribution in [3.05, 3.63) is 54.6 Å². The van der Waals surface area contributed by atoms with Crippen molar-refractivity contribution < 1.29 is 9.15 Å². The molecule has 10 heteroatoms. The van der Waals surface area contributed by atoms with Gasteiger partial charge in [0.15, 0.2) is 11.7 Å². The van der Waals surface area contributed by atoms with E-state index in [1.54, 1.807) is 6.26 Å². The lowest BCUT2D eigenvalue weighted by atomic mass is 10.3. The summed E-state index contributed by atoms with van der Waals surface area (Å²) in [6.45, 7) is 8.75. The first-order chi connectivity index (χ1) is 15.3. The largest absolute Gasteiger partial charge is 0.492 e. The predicted octanol–water partition coefficient (Wildman–Crippen LogP) is 2.84. The second-order valence-corrected chi connectivity index (χ2v) is 7.24. The van der Waals surface area contributed by atoms with Crippen molar-refractivity contribution in [1.82, 2.24) is 30.3 Å². The van der Waals surface area contributed by atoms with E-state index in [0.29, 0.717) is 30.6 Å². The molecular formula is C22H30IN7O2. The SMILES string of the molecule is CCNC(=NCc1nc(-c2ccco2)n[nH]1)N1CCN(CCOc2ccccc2)CC1.I. The number of furan rings is 1. The van der Waals surface area contributed by atoms with E-state index >= 15 is 0 Å². The molecule has 3 aromatic rings. The number of aromatic nitrogens is 3. The number of benzene rings is 1. The third kappa shape index (κ3) is 6.70. The quantitative estimate of drug-likeness (QED) is 0.253. The van der Waals surface area contributed by atoms with E-state index in [1.807, 2.05) is 42.5 Å². The summed E-state index contributed by atoms with van der Waals surface area (Å²) in [7, 11) is 0. The van der Waals surface area contributed by atoms with Crippen molar-refractivity contribution in [2.45, 2.75) is 13.5 Å². The molecule has 0 saturated carbocycles. The molecule has 3 heterocycles. The van der Waals surface area contributed by atoms with Gasteiger partial charge in [-0.05, 0) is 31.2 Å². The maximum atomic E-state index is 5.82. The Morgan fingerprint density at radius 1 is 1.16 bits per heavy atom. The molecule has 0 radical (unpaired) electrons. The zero-order valence-electron chi connectivity index (χ0n) is 18.2. The molecule has 32 heavy (non-hydrogen) atoms. The molecule has 2 aromatic heterocycles. The van der Waals surface area contributed by atoms with Crippen molar-refractivity contribution >= 4 is 29.9 Å². The molecule has 0 bridgehead atoms. The highest BCUT2D eigenvalue weighted by molar-refractivity contribution is 14.0. The standard InChI is InChI=1S/C22H29N7O2.HI/c1-2-23-22(24-17-20-25-21(27-26-20)19-9-6-15-31-19)29-12-10-28(11-13-29)14-16-30-18-7-4-3-5-8-18;/h3-9,15H,2,10-14,16-17H2,1H3,(H,23,24)(H,25,26,27);1H. The van der Waals surface area contributed by atoms with E-state index in [1.165, 1.54) is 0 Å². The molecule has 1 aliphatic rings. The second kappa shape index (κ2) is 12.4. The monoisotopic (exact) mass is 551 g/mol. The average molecular weight is 551 g/mol. The van der Waals surface area contributed by atoms with Crippen LogP contribution in [0.15, 0.2) is 58.1 Å². The molecule has 0 spiro atoms. The molecule has 172 valence electrons. The fourth-order valence-corrected chi connectivity index (χ4v) is 3.45. The first-order valence-electron chi connectivity index (χ1n) is 10.7. The Labute approximate surface area is 205 Å². The molecule has 1 fully saturated rings. The number of H-pyrrole nitrogens is 1. The van der Waals surface area contributed by atoms with Gasteiger partial charge < -0.3 is 19.4 Å². The number of hydrogen-bond donors (Lipinski definition) is 2. The van der Waals surface area contributed by atoms with Crippen LogP contribution >= 0.6 is 24.0 Å². The normalized spacial score (nSPS) is 14.8. The fourth-order valence-electron chi connectivity index (χ4n) is 3.45. The summed E-state index contributed by atoms with van der Waals surface area (Å²) in [6.07, 6.45) is 1.61. The van der Waals surface area contributed by atoms with Crippen molar-refractivity contribution in [2.75, 3.05) is 45.9 Å². The van der Waals surface area contributed by atoms with Gasteiger partial charge in [-0.2, -0.15) is 0 Å². The summed E-state index contributed by atoms with van der Waals surface area (Å²) in [4.78, 5) is 13.9. The van der Waals surface area contributed by atoms with E-state index in [2.05, 4.69) is 37.2 Å². The molecule has 0 amide bonds. The summed E-state index contributed by atoms with van der Waals surface area (Å²) < 4.78 is 11.2. The molecule has 0 unspecified atom stereocenters. The van der Waals surface area contributed by atoms with Gasteiger partial charge >= 0.3 is 0 Å². The van der Waals surface area contributed by atoms with Crippen LogP contribution in [0.2, 0.25) is 0 Å². The molecule has 1 aliphatic heterocycles. The van der Waals surface area contributed by atoms with Crippen LogP contribution in [-0.4, -0.2) is 76.8 Å². The first-order valence-corrected chi connectivity index (χ1v) is 10.7. The van der Waals surface area contributed by atoms with Crippen LogP contribution in [0, 0.1) is 0 Å². The molecular weight excluding hydrogens is 521 g/mol. The number of aliphatic imine (C=N–C) groups is 1. The molecule has 2 N–H and O–H groups in total. The van der Waals surface area contributed by atoms with Gasteiger partial charge in [-0.15, -0.1) is 29.1 Å². The summed E-state index contributed by atoms with van der Waals surface area (Å²) in [5.41, 5.74) is 0.